The second kappa shape index (κ2) is 11.2. The number of Topliss-reactive ketones (excluding diaryl/α,β-unsaturated/α-hetero) is 1. The van der Waals surface area contributed by atoms with Crippen molar-refractivity contribution in [3.05, 3.63) is 23.3 Å². The number of hydrogen-bond acceptors (Lipinski definition) is 5. The molecule has 2 atom stereocenters. The van der Waals surface area contributed by atoms with Gasteiger partial charge in [0.05, 0.1) is 0 Å². The molecule has 4 heterocycles. The van der Waals surface area contributed by atoms with Crippen LogP contribution < -0.4 is 4.90 Å². The number of piperazine rings is 1. The molecule has 4 aliphatic rings. The fourth-order valence-electron chi connectivity index (χ4n) is 6.61. The summed E-state index contributed by atoms with van der Waals surface area (Å²) in [6.45, 7) is 9.54. The van der Waals surface area contributed by atoms with Crippen LogP contribution in [0.3, 0.4) is 0 Å². The van der Waals surface area contributed by atoms with Crippen LogP contribution in [-0.4, -0.2) is 65.5 Å². The number of fused-ring (bicyclic) bond motifs is 2. The van der Waals surface area contributed by atoms with E-state index >= 15 is 0 Å². The van der Waals surface area contributed by atoms with Crippen LogP contribution in [0.5, 0.6) is 0 Å². The molecule has 4 fully saturated rings. The molecule has 1 radical (unpaired) electrons. The van der Waals surface area contributed by atoms with E-state index in [0.717, 1.165) is 37.8 Å². The minimum atomic E-state index is 0. The molecule has 0 spiro atoms. The third kappa shape index (κ3) is 5.66. The van der Waals surface area contributed by atoms with Crippen LogP contribution in [-0.2, 0) is 23.4 Å². The second-order valence-electron chi connectivity index (χ2n) is 11.0. The first kappa shape index (κ1) is 25.2. The summed E-state index contributed by atoms with van der Waals surface area (Å²) in [5, 5.41) is 4.62. The molecule has 0 N–H and O–H groups in total. The Balaban J connectivity index is 0.00000259. The molecular formula is C26H40N5OV-. The van der Waals surface area contributed by atoms with E-state index < -0.39 is 0 Å². The van der Waals surface area contributed by atoms with Gasteiger partial charge in [0.25, 0.3) is 0 Å². The Labute approximate surface area is 211 Å². The normalized spacial score (nSPS) is 30.9. The van der Waals surface area contributed by atoms with E-state index in [2.05, 4.69) is 27.5 Å². The van der Waals surface area contributed by atoms with E-state index in [0.29, 0.717) is 29.7 Å². The van der Waals surface area contributed by atoms with Gasteiger partial charge in [-0.2, -0.15) is 0 Å². The topological polar surface area (TPSA) is 63.4 Å². The fraction of sp³-hybridized carbons (Fsp3) is 0.808. The van der Waals surface area contributed by atoms with Gasteiger partial charge in [-0.1, -0.05) is 13.8 Å². The van der Waals surface area contributed by atoms with Crippen molar-refractivity contribution in [1.82, 2.24) is 14.9 Å². The summed E-state index contributed by atoms with van der Waals surface area (Å²) >= 11 is 0. The molecule has 6 nitrogen and oxygen atoms in total. The molecule has 1 aromatic heterocycles. The predicted molar refractivity (Wildman–Crippen MR) is 128 cm³/mol. The number of ketones is 1. The van der Waals surface area contributed by atoms with Crippen LogP contribution in [0.4, 0.5) is 5.95 Å². The largest absolute Gasteiger partial charge is 0.659 e. The van der Waals surface area contributed by atoms with Crippen LogP contribution in [0.2, 0.25) is 0 Å². The van der Waals surface area contributed by atoms with Crippen molar-refractivity contribution in [3.63, 3.8) is 0 Å². The molecule has 2 unspecified atom stereocenters. The Bertz CT molecular complexity index is 755. The van der Waals surface area contributed by atoms with Gasteiger partial charge >= 0.3 is 0 Å². The molecule has 2 bridgehead atoms. The van der Waals surface area contributed by atoms with Gasteiger partial charge in [0.2, 0.25) is 5.95 Å². The molecule has 5 rings (SSSR count). The first-order valence-corrected chi connectivity index (χ1v) is 13.1. The molecule has 1 aromatic rings. The Morgan fingerprint density at radius 3 is 2.15 bits per heavy atom. The summed E-state index contributed by atoms with van der Waals surface area (Å²) in [6, 6.07) is 1.03. The summed E-state index contributed by atoms with van der Waals surface area (Å²) in [6.07, 6.45) is 13.7. The number of piperidine rings is 1. The van der Waals surface area contributed by atoms with Gasteiger partial charge in [-0.3, -0.25) is 4.79 Å². The minimum absolute atomic E-state index is 0. The monoisotopic (exact) mass is 489 g/mol. The average molecular weight is 490 g/mol. The maximum absolute atomic E-state index is 12.3. The molecule has 3 saturated heterocycles. The van der Waals surface area contributed by atoms with E-state index in [9.17, 15) is 4.79 Å². The van der Waals surface area contributed by atoms with E-state index in [-0.39, 0.29) is 24.5 Å². The zero-order valence-electron chi connectivity index (χ0n) is 20.4. The molecule has 0 aromatic carbocycles. The Morgan fingerprint density at radius 2 is 1.58 bits per heavy atom. The van der Waals surface area contributed by atoms with Gasteiger partial charge in [-0.05, 0) is 81.9 Å². The third-order valence-corrected chi connectivity index (χ3v) is 8.58. The number of rotatable bonds is 6. The molecule has 7 heteroatoms. The first-order valence-electron chi connectivity index (χ1n) is 13.1. The Kier molecular flexibility index (Phi) is 8.53. The smallest absolute Gasteiger partial charge is 0.225 e. The van der Waals surface area contributed by atoms with Crippen molar-refractivity contribution < 1.29 is 23.4 Å². The standard InChI is InChI=1S/C26H40N5O.V/c1-18(2)25(32)21-5-3-19(4-6-21)17-30-11-9-20(10-12-30)22-13-28-26(29-14-22)31-23-7-8-24(31)16-27-15-23;/h13-14,18-21,23-24H,3-12,15-17H2,1-2H3;/q-1;. The summed E-state index contributed by atoms with van der Waals surface area (Å²) in [4.78, 5) is 27.0. The Morgan fingerprint density at radius 1 is 0.970 bits per heavy atom. The van der Waals surface area contributed by atoms with Gasteiger partial charge in [0, 0.05) is 61.4 Å². The zero-order chi connectivity index (χ0) is 22.1. The van der Waals surface area contributed by atoms with E-state index in [4.69, 9.17) is 9.97 Å². The SMILES string of the molecule is CC(C)C(=O)C1CCC(CN2CCC(c3cnc(N4C5CCC4C[N-]C5)nc3)CC2)CC1.[V]. The quantitative estimate of drug-likeness (QED) is 0.592. The third-order valence-electron chi connectivity index (χ3n) is 8.58. The summed E-state index contributed by atoms with van der Waals surface area (Å²) in [7, 11) is 0. The van der Waals surface area contributed by atoms with Crippen molar-refractivity contribution in [2.24, 2.45) is 17.8 Å². The number of carbonyl (C=O) groups is 1. The number of anilines is 1. The number of nitrogens with zero attached hydrogens (tertiary/aromatic N) is 5. The number of hydrogen-bond donors (Lipinski definition) is 0. The summed E-state index contributed by atoms with van der Waals surface area (Å²) in [5.41, 5.74) is 1.31. The second-order valence-corrected chi connectivity index (χ2v) is 11.0. The molecule has 1 aliphatic carbocycles. The van der Waals surface area contributed by atoms with Crippen molar-refractivity contribution >= 4 is 11.7 Å². The van der Waals surface area contributed by atoms with Crippen LogP contribution in [0.1, 0.15) is 76.7 Å². The van der Waals surface area contributed by atoms with E-state index in [1.54, 1.807) is 0 Å². The molecule has 3 aliphatic heterocycles. The van der Waals surface area contributed by atoms with Gasteiger partial charge in [-0.15, -0.1) is 13.1 Å². The maximum Gasteiger partial charge on any atom is 0.225 e. The van der Waals surface area contributed by atoms with Crippen molar-refractivity contribution in [3.8, 4) is 0 Å². The minimum Gasteiger partial charge on any atom is -0.659 e. The van der Waals surface area contributed by atoms with Crippen molar-refractivity contribution in [2.45, 2.75) is 83.2 Å². The summed E-state index contributed by atoms with van der Waals surface area (Å²) in [5.74, 6) is 3.29. The van der Waals surface area contributed by atoms with Crippen LogP contribution in [0, 0.1) is 17.8 Å². The van der Waals surface area contributed by atoms with Crippen molar-refractivity contribution in [2.75, 3.05) is 37.6 Å². The van der Waals surface area contributed by atoms with E-state index in [1.165, 1.54) is 63.7 Å². The fourth-order valence-corrected chi connectivity index (χ4v) is 6.61. The molecular weight excluding hydrogens is 449 g/mol. The Hall–Kier alpha value is -0.946. The maximum atomic E-state index is 12.3. The van der Waals surface area contributed by atoms with Crippen LogP contribution >= 0.6 is 0 Å². The van der Waals surface area contributed by atoms with Crippen molar-refractivity contribution in [1.29, 1.82) is 0 Å². The number of carbonyl (C=O) groups excluding carboxylic acids is 1. The number of aromatic nitrogens is 2. The van der Waals surface area contributed by atoms with Gasteiger partial charge in [0.1, 0.15) is 5.78 Å². The van der Waals surface area contributed by atoms with Gasteiger partial charge in [0.15, 0.2) is 0 Å². The van der Waals surface area contributed by atoms with Gasteiger partial charge < -0.3 is 15.1 Å². The van der Waals surface area contributed by atoms with Gasteiger partial charge in [-0.25, -0.2) is 9.97 Å². The van der Waals surface area contributed by atoms with Crippen LogP contribution in [0.15, 0.2) is 12.4 Å². The average Bonchev–Trinajstić information content (AvgIpc) is 3.07. The predicted octanol–water partition coefficient (Wildman–Crippen LogP) is 4.41. The summed E-state index contributed by atoms with van der Waals surface area (Å²) < 4.78 is 0. The first-order chi connectivity index (χ1) is 15.6. The zero-order valence-corrected chi connectivity index (χ0v) is 21.8. The molecule has 181 valence electrons. The molecule has 0 amide bonds. The molecule has 33 heavy (non-hydrogen) atoms. The van der Waals surface area contributed by atoms with Crippen LogP contribution in [0.25, 0.3) is 5.32 Å². The van der Waals surface area contributed by atoms with E-state index in [1.807, 2.05) is 13.8 Å². The molecule has 1 saturated carbocycles. The number of likely N-dealkylation sites (tertiary alicyclic amines) is 1.